The van der Waals surface area contributed by atoms with E-state index in [4.69, 9.17) is 0 Å². The largest absolute Gasteiger partial charge is 0.319 e. The quantitative estimate of drug-likeness (QED) is 0.212. The molecule has 188 valence electrons. The molecule has 0 heterocycles. The monoisotopic (exact) mass is 520 g/mol. The van der Waals surface area contributed by atoms with Crippen LogP contribution >= 0.6 is 7.14 Å². The van der Waals surface area contributed by atoms with Gasteiger partial charge in [0.2, 0.25) is 0 Å². The van der Waals surface area contributed by atoms with Crippen LogP contribution in [0.5, 0.6) is 0 Å². The van der Waals surface area contributed by atoms with Crippen molar-refractivity contribution in [1.29, 1.82) is 0 Å². The molecule has 0 spiro atoms. The average molecular weight is 521 g/mol. The summed E-state index contributed by atoms with van der Waals surface area (Å²) in [5.74, 6) is 0. The Morgan fingerprint density at radius 1 is 0.538 bits per heavy atom. The van der Waals surface area contributed by atoms with Gasteiger partial charge in [-0.15, -0.1) is 0 Å². The first-order valence-corrected chi connectivity index (χ1v) is 16.0. The van der Waals surface area contributed by atoms with E-state index in [9.17, 15) is 4.57 Å². The lowest BCUT2D eigenvalue weighted by Crippen LogP contribution is -2.28. The molecule has 6 aromatic carbocycles. The normalized spacial score (nSPS) is 13.7. The fourth-order valence-corrected chi connectivity index (χ4v) is 7.32. The van der Waals surface area contributed by atoms with Crippen molar-refractivity contribution < 1.29 is 4.57 Å². The van der Waals surface area contributed by atoms with Crippen molar-refractivity contribution in [2.75, 3.05) is 13.3 Å². The second-order valence-electron chi connectivity index (χ2n) is 10.8. The van der Waals surface area contributed by atoms with Gasteiger partial charge in [-0.3, -0.25) is 0 Å². The molecule has 1 aliphatic carbocycles. The van der Waals surface area contributed by atoms with E-state index in [2.05, 4.69) is 127 Å². The molecule has 1 nitrogen and oxygen atoms in total. The van der Waals surface area contributed by atoms with Crippen LogP contribution in [0.4, 0.5) is 0 Å². The van der Waals surface area contributed by atoms with Crippen LogP contribution in [0.15, 0.2) is 140 Å². The molecule has 0 saturated carbocycles. The van der Waals surface area contributed by atoms with E-state index in [-0.39, 0.29) is 0 Å². The predicted octanol–water partition coefficient (Wildman–Crippen LogP) is 9.12. The third-order valence-corrected chi connectivity index (χ3v) is 9.80. The van der Waals surface area contributed by atoms with Crippen LogP contribution in [0.2, 0.25) is 0 Å². The third-order valence-electron chi connectivity index (χ3n) is 8.26. The summed E-state index contributed by atoms with van der Waals surface area (Å²) >= 11 is 0. The fraction of sp³-hybridized carbons (Fsp3) is 0.0811. The van der Waals surface area contributed by atoms with Crippen molar-refractivity contribution >= 4 is 23.2 Å². The number of benzene rings is 6. The Hall–Kier alpha value is -4.19. The zero-order valence-corrected chi connectivity index (χ0v) is 23.0. The molecule has 6 aromatic rings. The van der Waals surface area contributed by atoms with Crippen LogP contribution in [-0.4, -0.2) is 13.3 Å². The van der Waals surface area contributed by atoms with Gasteiger partial charge in [-0.05, 0) is 74.7 Å². The summed E-state index contributed by atoms with van der Waals surface area (Å²) in [4.78, 5) is 0. The molecular formula is C37H29OP. The Kier molecular flexibility index (Phi) is 5.48. The fourth-order valence-electron chi connectivity index (χ4n) is 6.45. The molecule has 0 saturated heterocycles. The molecule has 0 N–H and O–H groups in total. The van der Waals surface area contributed by atoms with Crippen LogP contribution in [-0.2, 0) is 9.98 Å². The van der Waals surface area contributed by atoms with Crippen molar-refractivity contribution in [3.63, 3.8) is 0 Å². The van der Waals surface area contributed by atoms with E-state index >= 15 is 0 Å². The minimum atomic E-state index is -2.31. The van der Waals surface area contributed by atoms with E-state index in [1.54, 1.807) is 0 Å². The lowest BCUT2D eigenvalue weighted by atomic mass is 9.67. The van der Waals surface area contributed by atoms with Crippen LogP contribution in [0.3, 0.4) is 0 Å². The van der Waals surface area contributed by atoms with Gasteiger partial charge < -0.3 is 4.57 Å². The van der Waals surface area contributed by atoms with Gasteiger partial charge in [-0.25, -0.2) is 0 Å². The van der Waals surface area contributed by atoms with Gasteiger partial charge in [0.05, 0.1) is 5.41 Å². The van der Waals surface area contributed by atoms with Crippen molar-refractivity contribution in [2.24, 2.45) is 0 Å². The van der Waals surface area contributed by atoms with Gasteiger partial charge in [0.15, 0.2) is 0 Å². The van der Waals surface area contributed by atoms with Gasteiger partial charge in [-0.2, -0.15) is 0 Å². The molecule has 0 bridgehead atoms. The zero-order chi connectivity index (χ0) is 26.6. The Morgan fingerprint density at radius 3 is 1.77 bits per heavy atom. The highest BCUT2D eigenvalue weighted by Gasteiger charge is 2.46. The maximum Gasteiger partial charge on any atom is 0.109 e. The lowest BCUT2D eigenvalue weighted by molar-refractivity contribution is 0.588. The second-order valence-corrected chi connectivity index (χ2v) is 14.1. The molecule has 0 fully saturated rings. The zero-order valence-electron chi connectivity index (χ0n) is 22.1. The molecule has 0 radical (unpaired) electrons. The summed E-state index contributed by atoms with van der Waals surface area (Å²) in [5.41, 5.74) is 9.58. The second kappa shape index (κ2) is 8.94. The first-order valence-electron chi connectivity index (χ1n) is 13.4. The average Bonchev–Trinajstić information content (AvgIpc) is 3.28. The number of rotatable bonds is 4. The smallest absolute Gasteiger partial charge is 0.109 e. The third kappa shape index (κ3) is 3.65. The molecule has 0 atom stereocenters. The van der Waals surface area contributed by atoms with Crippen LogP contribution in [0.1, 0.15) is 22.3 Å². The predicted molar refractivity (Wildman–Crippen MR) is 166 cm³/mol. The summed E-state index contributed by atoms with van der Waals surface area (Å²) in [5, 5.41) is 3.44. The number of hydrogen-bond acceptors (Lipinski definition) is 1. The Bertz CT molecular complexity index is 1840. The van der Waals surface area contributed by atoms with Gasteiger partial charge in [0.1, 0.15) is 7.14 Å². The van der Waals surface area contributed by atoms with Gasteiger partial charge in [0.25, 0.3) is 0 Å². The minimum absolute atomic E-state index is 0.449. The van der Waals surface area contributed by atoms with Crippen LogP contribution in [0, 0.1) is 0 Å². The summed E-state index contributed by atoms with van der Waals surface area (Å²) in [6.07, 6.45) is 0. The van der Waals surface area contributed by atoms with Crippen molar-refractivity contribution in [2.45, 2.75) is 5.41 Å². The number of hydrogen-bond donors (Lipinski definition) is 0. The van der Waals surface area contributed by atoms with E-state index in [0.29, 0.717) is 0 Å². The summed E-state index contributed by atoms with van der Waals surface area (Å²) in [6.45, 7) is 3.65. The van der Waals surface area contributed by atoms with Gasteiger partial charge >= 0.3 is 0 Å². The summed E-state index contributed by atoms with van der Waals surface area (Å²) in [7, 11) is -2.31. The first-order chi connectivity index (χ1) is 19.0. The highest BCUT2D eigenvalue weighted by Crippen LogP contribution is 2.58. The summed E-state index contributed by atoms with van der Waals surface area (Å²) in [6, 6.07) is 50.4. The highest BCUT2D eigenvalue weighted by atomic mass is 31.2. The van der Waals surface area contributed by atoms with Gasteiger partial charge in [0, 0.05) is 5.30 Å². The minimum Gasteiger partial charge on any atom is -0.319 e. The molecule has 7 rings (SSSR count). The van der Waals surface area contributed by atoms with Crippen molar-refractivity contribution in [1.82, 2.24) is 0 Å². The maximum absolute atomic E-state index is 12.6. The molecular weight excluding hydrogens is 491 g/mol. The van der Waals surface area contributed by atoms with Crippen molar-refractivity contribution in [3.8, 4) is 22.3 Å². The highest BCUT2D eigenvalue weighted by molar-refractivity contribution is 7.70. The molecule has 2 heteroatoms. The van der Waals surface area contributed by atoms with Crippen LogP contribution in [0.25, 0.3) is 33.0 Å². The van der Waals surface area contributed by atoms with E-state index in [1.165, 1.54) is 44.2 Å². The SMILES string of the molecule is CP(C)(=O)c1ccc(-c2ccc3c(c2)C(c2ccccc2)(c2ccccc2)c2ccc4ccccc4c2-3)cc1. The number of fused-ring (bicyclic) bond motifs is 5. The standard InChI is InChI=1S/C37H29OP/c1-39(2,38)31-21-17-26(18-22-31)28-19-23-33-35(25-28)37(29-12-5-3-6-13-29,30-14-7-4-8-15-30)34-24-20-27-11-9-10-16-32(27)36(33)34/h3-25H,1-2H3. The first kappa shape index (κ1) is 23.9. The molecule has 0 amide bonds. The molecule has 1 aliphatic rings. The Labute approximate surface area is 230 Å². The van der Waals surface area contributed by atoms with E-state index in [1.807, 2.05) is 25.5 Å². The summed E-state index contributed by atoms with van der Waals surface area (Å²) < 4.78 is 12.6. The molecule has 0 aliphatic heterocycles. The van der Waals surface area contributed by atoms with Gasteiger partial charge in [-0.1, -0.05) is 133 Å². The Morgan fingerprint density at radius 2 is 1.13 bits per heavy atom. The van der Waals surface area contributed by atoms with Crippen molar-refractivity contribution in [3.05, 3.63) is 162 Å². The van der Waals surface area contributed by atoms with E-state index < -0.39 is 12.6 Å². The maximum atomic E-state index is 12.6. The molecule has 0 aromatic heterocycles. The topological polar surface area (TPSA) is 17.1 Å². The molecule has 39 heavy (non-hydrogen) atoms. The lowest BCUT2D eigenvalue weighted by Gasteiger charge is -2.34. The van der Waals surface area contributed by atoms with E-state index in [0.717, 1.165) is 16.4 Å². The molecule has 0 unspecified atom stereocenters. The Balaban J connectivity index is 1.58. The van der Waals surface area contributed by atoms with Crippen LogP contribution < -0.4 is 5.30 Å².